The Bertz CT molecular complexity index is 519. The van der Waals surface area contributed by atoms with Gasteiger partial charge in [-0.05, 0) is 62.3 Å². The van der Waals surface area contributed by atoms with E-state index in [-0.39, 0.29) is 17.0 Å². The lowest BCUT2D eigenvalue weighted by Gasteiger charge is -2.58. The van der Waals surface area contributed by atoms with Crippen LogP contribution in [0, 0.1) is 29.0 Å². The molecule has 114 valence electrons. The summed E-state index contributed by atoms with van der Waals surface area (Å²) in [4.78, 5) is 0. The molecule has 1 atom stereocenters. The van der Waals surface area contributed by atoms with Gasteiger partial charge in [0.25, 0.3) is 0 Å². The Hall–Kier alpha value is -1.09. The van der Waals surface area contributed by atoms with E-state index in [1.54, 1.807) is 18.2 Å². The summed E-state index contributed by atoms with van der Waals surface area (Å²) in [5.74, 6) is 2.10. The van der Waals surface area contributed by atoms with Crippen LogP contribution in [-0.2, 0) is 0 Å². The molecule has 0 spiro atoms. The first-order chi connectivity index (χ1) is 10.1. The maximum Gasteiger partial charge on any atom is 0.170 e. The van der Waals surface area contributed by atoms with E-state index in [0.717, 1.165) is 37.0 Å². The lowest BCUT2D eigenvalue weighted by molar-refractivity contribution is -0.123. The van der Waals surface area contributed by atoms with Crippen molar-refractivity contribution in [3.8, 4) is 5.75 Å². The van der Waals surface area contributed by atoms with E-state index in [1.165, 1.54) is 26.4 Å². The summed E-state index contributed by atoms with van der Waals surface area (Å²) in [6, 6.07) is 5.12. The Balaban J connectivity index is 1.70. The summed E-state index contributed by atoms with van der Waals surface area (Å²) < 4.78 is 19.6. The van der Waals surface area contributed by atoms with Crippen LogP contribution in [0.1, 0.15) is 50.2 Å². The number of halogens is 1. The van der Waals surface area contributed by atoms with Crippen LogP contribution in [0.15, 0.2) is 18.2 Å². The van der Waals surface area contributed by atoms with Gasteiger partial charge in [0.05, 0.1) is 13.2 Å². The first-order valence-corrected chi connectivity index (χ1v) is 8.12. The number of benzene rings is 1. The van der Waals surface area contributed by atoms with Gasteiger partial charge in [0, 0.05) is 11.0 Å². The molecule has 1 aromatic carbocycles. The number of aliphatic hydroxyl groups is 1. The predicted molar refractivity (Wildman–Crippen MR) is 78.5 cm³/mol. The number of aliphatic hydroxyl groups excluding tert-OH is 1. The van der Waals surface area contributed by atoms with E-state index in [4.69, 9.17) is 4.74 Å². The van der Waals surface area contributed by atoms with E-state index in [9.17, 15) is 9.50 Å². The lowest BCUT2D eigenvalue weighted by atomic mass is 9.47. The highest BCUT2D eigenvalue weighted by Crippen LogP contribution is 2.64. The van der Waals surface area contributed by atoms with Crippen molar-refractivity contribution in [1.29, 1.82) is 0 Å². The third-order valence-corrected chi connectivity index (χ3v) is 6.17. The molecule has 1 unspecified atom stereocenters. The molecule has 21 heavy (non-hydrogen) atoms. The maximum absolute atomic E-state index is 14.5. The first kappa shape index (κ1) is 13.6. The average Bonchev–Trinajstić information content (AvgIpc) is 2.45. The molecule has 4 bridgehead atoms. The quantitative estimate of drug-likeness (QED) is 0.908. The summed E-state index contributed by atoms with van der Waals surface area (Å²) in [7, 11) is 1.47. The van der Waals surface area contributed by atoms with Crippen molar-refractivity contribution < 1.29 is 14.2 Å². The highest BCUT2D eigenvalue weighted by Gasteiger charge is 2.54. The van der Waals surface area contributed by atoms with E-state index in [1.807, 2.05) is 0 Å². The van der Waals surface area contributed by atoms with Crippen LogP contribution in [0.3, 0.4) is 0 Å². The Morgan fingerprint density at radius 1 is 1.14 bits per heavy atom. The zero-order valence-electron chi connectivity index (χ0n) is 12.5. The molecule has 4 fully saturated rings. The van der Waals surface area contributed by atoms with E-state index >= 15 is 0 Å². The standard InChI is InChI=1S/C18H23FO2/c1-21-15-4-2-3-14(16(15)19)17(20)18-8-11-5-12(9-18)7-13(6-11)10-18/h2-4,11-13,17,20H,5-10H2,1H3. The van der Waals surface area contributed by atoms with Gasteiger partial charge < -0.3 is 9.84 Å². The zero-order chi connectivity index (χ0) is 14.6. The molecule has 3 heteroatoms. The van der Waals surface area contributed by atoms with Crippen molar-refractivity contribution >= 4 is 0 Å². The third-order valence-electron chi connectivity index (χ3n) is 6.17. The molecule has 4 saturated carbocycles. The summed E-state index contributed by atoms with van der Waals surface area (Å²) in [6.45, 7) is 0. The normalized spacial score (nSPS) is 38.5. The molecule has 5 rings (SSSR count). The summed E-state index contributed by atoms with van der Waals surface area (Å²) in [6.07, 6.45) is 6.48. The fourth-order valence-electron chi connectivity index (χ4n) is 5.74. The molecule has 4 aliphatic rings. The molecule has 0 aliphatic heterocycles. The summed E-state index contributed by atoms with van der Waals surface area (Å²) in [5.41, 5.74) is 0.332. The number of ether oxygens (including phenoxy) is 1. The van der Waals surface area contributed by atoms with Crippen molar-refractivity contribution in [2.24, 2.45) is 23.2 Å². The highest BCUT2D eigenvalue weighted by atomic mass is 19.1. The molecule has 2 nitrogen and oxygen atoms in total. The van der Waals surface area contributed by atoms with Crippen LogP contribution in [0.5, 0.6) is 5.75 Å². The van der Waals surface area contributed by atoms with Crippen LogP contribution < -0.4 is 4.74 Å². The molecule has 0 aromatic heterocycles. The van der Waals surface area contributed by atoms with Gasteiger partial charge in [-0.15, -0.1) is 0 Å². The Kier molecular flexibility index (Phi) is 3.04. The molecule has 0 amide bonds. The minimum absolute atomic E-state index is 0.0953. The van der Waals surface area contributed by atoms with Gasteiger partial charge in [-0.2, -0.15) is 0 Å². The monoisotopic (exact) mass is 290 g/mol. The molecule has 0 heterocycles. The van der Waals surface area contributed by atoms with Gasteiger partial charge in [0.2, 0.25) is 0 Å². The minimum atomic E-state index is -0.694. The average molecular weight is 290 g/mol. The van der Waals surface area contributed by atoms with Crippen molar-refractivity contribution in [3.05, 3.63) is 29.6 Å². The Morgan fingerprint density at radius 3 is 2.24 bits per heavy atom. The van der Waals surface area contributed by atoms with Crippen LogP contribution >= 0.6 is 0 Å². The topological polar surface area (TPSA) is 29.5 Å². The number of methoxy groups -OCH3 is 1. The van der Waals surface area contributed by atoms with Crippen LogP contribution in [-0.4, -0.2) is 12.2 Å². The largest absolute Gasteiger partial charge is 0.494 e. The van der Waals surface area contributed by atoms with E-state index < -0.39 is 6.10 Å². The van der Waals surface area contributed by atoms with E-state index in [2.05, 4.69) is 0 Å². The minimum Gasteiger partial charge on any atom is -0.494 e. The van der Waals surface area contributed by atoms with E-state index in [0.29, 0.717) is 5.56 Å². The summed E-state index contributed by atoms with van der Waals surface area (Å²) >= 11 is 0. The predicted octanol–water partition coefficient (Wildman–Crippen LogP) is 4.08. The molecule has 4 aliphatic carbocycles. The van der Waals surface area contributed by atoms with Crippen LogP contribution in [0.4, 0.5) is 4.39 Å². The van der Waals surface area contributed by atoms with Crippen LogP contribution in [0.2, 0.25) is 0 Å². The van der Waals surface area contributed by atoms with Crippen molar-refractivity contribution in [1.82, 2.24) is 0 Å². The lowest BCUT2D eigenvalue weighted by Crippen LogP contribution is -2.49. The molecule has 0 saturated heterocycles. The second-order valence-corrected chi connectivity index (χ2v) is 7.55. The fourth-order valence-corrected chi connectivity index (χ4v) is 5.74. The second-order valence-electron chi connectivity index (χ2n) is 7.55. The first-order valence-electron chi connectivity index (χ1n) is 8.12. The summed E-state index contributed by atoms with van der Waals surface area (Å²) in [5, 5.41) is 11.0. The van der Waals surface area contributed by atoms with Gasteiger partial charge >= 0.3 is 0 Å². The SMILES string of the molecule is COc1cccc(C(O)C23CC4CC(CC(C4)C2)C3)c1F. The number of hydrogen-bond acceptors (Lipinski definition) is 2. The fraction of sp³-hybridized carbons (Fsp3) is 0.667. The third kappa shape index (κ3) is 2.01. The molecule has 0 radical (unpaired) electrons. The maximum atomic E-state index is 14.5. The van der Waals surface area contributed by atoms with Gasteiger partial charge in [0.1, 0.15) is 0 Å². The number of hydrogen-bond donors (Lipinski definition) is 1. The van der Waals surface area contributed by atoms with Crippen molar-refractivity contribution in [2.45, 2.75) is 44.6 Å². The molecular formula is C18H23FO2. The van der Waals surface area contributed by atoms with Gasteiger partial charge in [-0.25, -0.2) is 4.39 Å². The van der Waals surface area contributed by atoms with Gasteiger partial charge in [-0.1, -0.05) is 12.1 Å². The van der Waals surface area contributed by atoms with Crippen molar-refractivity contribution in [2.75, 3.05) is 7.11 Å². The second kappa shape index (κ2) is 4.70. The van der Waals surface area contributed by atoms with Gasteiger partial charge in [-0.3, -0.25) is 0 Å². The smallest absolute Gasteiger partial charge is 0.170 e. The Labute approximate surface area is 125 Å². The number of rotatable bonds is 3. The molecule has 1 aromatic rings. The zero-order valence-corrected chi connectivity index (χ0v) is 12.5. The molecule has 1 N–H and O–H groups in total. The highest BCUT2D eigenvalue weighted by molar-refractivity contribution is 5.33. The van der Waals surface area contributed by atoms with Gasteiger partial charge in [0.15, 0.2) is 11.6 Å². The molecular weight excluding hydrogens is 267 g/mol. The van der Waals surface area contributed by atoms with Crippen molar-refractivity contribution in [3.63, 3.8) is 0 Å². The Morgan fingerprint density at radius 2 is 1.71 bits per heavy atom. The van der Waals surface area contributed by atoms with Crippen LogP contribution in [0.25, 0.3) is 0 Å².